The lowest BCUT2D eigenvalue weighted by molar-refractivity contribution is 0.173. The second kappa shape index (κ2) is 8.04. The van der Waals surface area contributed by atoms with Crippen molar-refractivity contribution in [2.24, 2.45) is 5.73 Å². The van der Waals surface area contributed by atoms with Crippen molar-refractivity contribution >= 4 is 0 Å². The van der Waals surface area contributed by atoms with Gasteiger partial charge in [-0.25, -0.2) is 0 Å². The second-order valence-electron chi connectivity index (χ2n) is 5.02. The number of piperidine rings is 1. The van der Waals surface area contributed by atoms with Gasteiger partial charge in [0.2, 0.25) is 0 Å². The Morgan fingerprint density at radius 2 is 1.62 bits per heavy atom. The van der Waals surface area contributed by atoms with Gasteiger partial charge < -0.3 is 15.5 Å². The molecule has 0 aromatic rings. The first-order valence-electron chi connectivity index (χ1n) is 6.96. The molecular weight excluding hydrogens is 198 g/mol. The van der Waals surface area contributed by atoms with E-state index in [4.69, 9.17) is 5.73 Å². The smallest absolute Gasteiger partial charge is 0.0109 e. The normalized spacial score (nSPS) is 19.5. The third-order valence-electron chi connectivity index (χ3n) is 3.44. The van der Waals surface area contributed by atoms with Crippen LogP contribution in [0.2, 0.25) is 0 Å². The number of hydrogen-bond acceptors (Lipinski definition) is 3. The highest BCUT2D eigenvalue weighted by molar-refractivity contribution is 4.74. The van der Waals surface area contributed by atoms with E-state index in [1.807, 2.05) is 0 Å². The standard InChI is InChI=1S/C13H29N3/c1-3-7-15(8-4-2)11-12-16-9-5-13(14)6-10-16/h13H,3-12,14H2,1-2H3. The van der Waals surface area contributed by atoms with Crippen LogP contribution < -0.4 is 5.73 Å². The Labute approximate surface area is 101 Å². The quantitative estimate of drug-likeness (QED) is 0.716. The van der Waals surface area contributed by atoms with Crippen LogP contribution in [0.1, 0.15) is 39.5 Å². The zero-order valence-electron chi connectivity index (χ0n) is 11.1. The monoisotopic (exact) mass is 227 g/mol. The molecule has 0 bridgehead atoms. The molecule has 0 aliphatic carbocycles. The van der Waals surface area contributed by atoms with Crippen LogP contribution in [0.3, 0.4) is 0 Å². The van der Waals surface area contributed by atoms with Crippen LogP contribution in [-0.4, -0.2) is 55.1 Å². The van der Waals surface area contributed by atoms with E-state index in [1.54, 1.807) is 0 Å². The summed E-state index contributed by atoms with van der Waals surface area (Å²) >= 11 is 0. The summed E-state index contributed by atoms with van der Waals surface area (Å²) in [6, 6.07) is 0.457. The fourth-order valence-electron chi connectivity index (χ4n) is 2.43. The molecule has 96 valence electrons. The molecule has 1 rings (SSSR count). The summed E-state index contributed by atoms with van der Waals surface area (Å²) in [7, 11) is 0. The maximum Gasteiger partial charge on any atom is 0.0109 e. The Bertz CT molecular complexity index is 159. The highest BCUT2D eigenvalue weighted by Gasteiger charge is 2.16. The number of nitrogens with zero attached hydrogens (tertiary/aromatic N) is 2. The molecule has 1 saturated heterocycles. The van der Waals surface area contributed by atoms with E-state index >= 15 is 0 Å². The molecule has 1 fully saturated rings. The predicted octanol–water partition coefficient (Wildman–Crippen LogP) is 1.53. The van der Waals surface area contributed by atoms with E-state index in [2.05, 4.69) is 23.6 Å². The number of nitrogens with two attached hydrogens (primary N) is 1. The van der Waals surface area contributed by atoms with Gasteiger partial charge in [0.05, 0.1) is 0 Å². The molecule has 3 nitrogen and oxygen atoms in total. The molecule has 0 aromatic heterocycles. The Morgan fingerprint density at radius 1 is 1.06 bits per heavy atom. The van der Waals surface area contributed by atoms with E-state index < -0.39 is 0 Å². The third kappa shape index (κ3) is 5.28. The third-order valence-corrected chi connectivity index (χ3v) is 3.44. The van der Waals surface area contributed by atoms with E-state index in [1.165, 1.54) is 65.0 Å². The largest absolute Gasteiger partial charge is 0.328 e. The van der Waals surface area contributed by atoms with Gasteiger partial charge in [0.25, 0.3) is 0 Å². The van der Waals surface area contributed by atoms with Crippen LogP contribution in [-0.2, 0) is 0 Å². The van der Waals surface area contributed by atoms with Crippen molar-refractivity contribution in [3.05, 3.63) is 0 Å². The highest BCUT2D eigenvalue weighted by atomic mass is 15.2. The van der Waals surface area contributed by atoms with Crippen molar-refractivity contribution in [2.75, 3.05) is 39.3 Å². The van der Waals surface area contributed by atoms with Gasteiger partial charge in [-0.05, 0) is 51.9 Å². The van der Waals surface area contributed by atoms with Crippen LogP contribution in [0.5, 0.6) is 0 Å². The molecule has 1 aliphatic heterocycles. The minimum Gasteiger partial charge on any atom is -0.328 e. The van der Waals surface area contributed by atoms with E-state index in [9.17, 15) is 0 Å². The fraction of sp³-hybridized carbons (Fsp3) is 1.00. The lowest BCUT2D eigenvalue weighted by Crippen LogP contribution is -2.43. The van der Waals surface area contributed by atoms with Crippen molar-refractivity contribution in [3.63, 3.8) is 0 Å². The molecule has 3 heteroatoms. The topological polar surface area (TPSA) is 32.5 Å². The van der Waals surface area contributed by atoms with E-state index in [-0.39, 0.29) is 0 Å². The average molecular weight is 227 g/mol. The summed E-state index contributed by atoms with van der Waals surface area (Å²) in [4.78, 5) is 5.16. The van der Waals surface area contributed by atoms with Crippen LogP contribution in [0.15, 0.2) is 0 Å². The first-order valence-corrected chi connectivity index (χ1v) is 6.96. The average Bonchev–Trinajstić information content (AvgIpc) is 2.29. The highest BCUT2D eigenvalue weighted by Crippen LogP contribution is 2.08. The fourth-order valence-corrected chi connectivity index (χ4v) is 2.43. The molecule has 16 heavy (non-hydrogen) atoms. The van der Waals surface area contributed by atoms with Crippen molar-refractivity contribution in [1.29, 1.82) is 0 Å². The molecule has 0 amide bonds. The summed E-state index contributed by atoms with van der Waals surface area (Å²) in [5.41, 5.74) is 5.91. The number of rotatable bonds is 7. The SMILES string of the molecule is CCCN(CCC)CCN1CCC(N)CC1. The Balaban J connectivity index is 2.15. The molecule has 0 spiro atoms. The van der Waals surface area contributed by atoms with E-state index in [0.717, 1.165) is 0 Å². The Hall–Kier alpha value is -0.120. The van der Waals surface area contributed by atoms with Crippen LogP contribution in [0.4, 0.5) is 0 Å². The predicted molar refractivity (Wildman–Crippen MR) is 70.7 cm³/mol. The minimum atomic E-state index is 0.457. The maximum atomic E-state index is 5.91. The van der Waals surface area contributed by atoms with Crippen molar-refractivity contribution in [1.82, 2.24) is 9.80 Å². The zero-order chi connectivity index (χ0) is 11.8. The van der Waals surface area contributed by atoms with E-state index in [0.29, 0.717) is 6.04 Å². The summed E-state index contributed by atoms with van der Waals surface area (Å²) in [5.74, 6) is 0. The van der Waals surface area contributed by atoms with Gasteiger partial charge in [0.1, 0.15) is 0 Å². The molecule has 2 N–H and O–H groups in total. The number of hydrogen-bond donors (Lipinski definition) is 1. The molecule has 1 aliphatic rings. The first kappa shape index (κ1) is 13.9. The lowest BCUT2D eigenvalue weighted by atomic mass is 10.1. The zero-order valence-corrected chi connectivity index (χ0v) is 11.1. The van der Waals surface area contributed by atoms with Gasteiger partial charge >= 0.3 is 0 Å². The van der Waals surface area contributed by atoms with Gasteiger partial charge in [0, 0.05) is 19.1 Å². The van der Waals surface area contributed by atoms with Gasteiger partial charge in [-0.15, -0.1) is 0 Å². The number of likely N-dealkylation sites (tertiary alicyclic amines) is 1. The first-order chi connectivity index (χ1) is 7.76. The molecule has 0 aromatic carbocycles. The molecule has 0 atom stereocenters. The second-order valence-corrected chi connectivity index (χ2v) is 5.02. The summed E-state index contributed by atoms with van der Waals surface area (Å²) in [5, 5.41) is 0. The lowest BCUT2D eigenvalue weighted by Gasteiger charge is -2.32. The maximum absolute atomic E-state index is 5.91. The van der Waals surface area contributed by atoms with Gasteiger partial charge in [0.15, 0.2) is 0 Å². The minimum absolute atomic E-state index is 0.457. The van der Waals surface area contributed by atoms with Crippen LogP contribution in [0.25, 0.3) is 0 Å². The van der Waals surface area contributed by atoms with Gasteiger partial charge in [-0.1, -0.05) is 13.8 Å². The van der Waals surface area contributed by atoms with Gasteiger partial charge in [-0.2, -0.15) is 0 Å². The molecule has 0 radical (unpaired) electrons. The molecule has 1 heterocycles. The summed E-state index contributed by atoms with van der Waals surface area (Å²) < 4.78 is 0. The molecule has 0 saturated carbocycles. The Morgan fingerprint density at radius 3 is 2.12 bits per heavy atom. The van der Waals surface area contributed by atoms with Crippen molar-refractivity contribution in [3.8, 4) is 0 Å². The van der Waals surface area contributed by atoms with Crippen LogP contribution in [0, 0.1) is 0 Å². The van der Waals surface area contributed by atoms with Crippen LogP contribution >= 0.6 is 0 Å². The molecule has 0 unspecified atom stereocenters. The Kier molecular flexibility index (Phi) is 7.01. The van der Waals surface area contributed by atoms with Crippen molar-refractivity contribution < 1.29 is 0 Å². The van der Waals surface area contributed by atoms with Crippen molar-refractivity contribution in [2.45, 2.75) is 45.6 Å². The van der Waals surface area contributed by atoms with Gasteiger partial charge in [-0.3, -0.25) is 0 Å². The summed E-state index contributed by atoms with van der Waals surface area (Å²) in [6.45, 7) is 11.9. The molecular formula is C13H29N3. The summed E-state index contributed by atoms with van der Waals surface area (Å²) in [6.07, 6.45) is 4.90.